The molecule has 0 aliphatic rings. The Balaban J connectivity index is 0.00000256. The molecule has 0 spiro atoms. The third-order valence-electron chi connectivity index (χ3n) is 2.16. The highest BCUT2D eigenvalue weighted by atomic mass is 35.5. The lowest BCUT2D eigenvalue weighted by Crippen LogP contribution is -2.14. The summed E-state index contributed by atoms with van der Waals surface area (Å²) in [6.45, 7) is -0.175. The van der Waals surface area contributed by atoms with E-state index in [1.807, 2.05) is 0 Å². The fourth-order valence-electron chi connectivity index (χ4n) is 1.30. The number of rotatable bonds is 3. The number of halogens is 5. The summed E-state index contributed by atoms with van der Waals surface area (Å²) in [6, 6.07) is 2.89. The van der Waals surface area contributed by atoms with E-state index in [1.54, 1.807) is 0 Å². The number of nitrogens with two attached hydrogens (primary N) is 1. The summed E-state index contributed by atoms with van der Waals surface area (Å²) in [5, 5.41) is 8.30. The monoisotopic (exact) mass is 289 g/mol. The summed E-state index contributed by atoms with van der Waals surface area (Å²) in [4.78, 5) is 0. The molecule has 3 N–H and O–H groups in total. The minimum absolute atomic E-state index is 0. The maximum atomic E-state index is 12.5. The third kappa shape index (κ3) is 4.35. The van der Waals surface area contributed by atoms with E-state index in [1.165, 1.54) is 6.07 Å². The highest BCUT2D eigenvalue weighted by Gasteiger charge is 2.33. The van der Waals surface area contributed by atoms with Crippen LogP contribution in [-0.4, -0.2) is 11.7 Å². The second kappa shape index (κ2) is 6.44. The lowest BCUT2D eigenvalue weighted by molar-refractivity contribution is -0.137. The van der Waals surface area contributed by atoms with Gasteiger partial charge in [-0.15, -0.1) is 12.4 Å². The molecule has 17 heavy (non-hydrogen) atoms. The first-order valence-corrected chi connectivity index (χ1v) is 4.97. The topological polar surface area (TPSA) is 46.2 Å². The van der Waals surface area contributed by atoms with Gasteiger partial charge in [0, 0.05) is 12.6 Å². The summed E-state index contributed by atoms with van der Waals surface area (Å²) in [5.74, 6) is 0. The van der Waals surface area contributed by atoms with Gasteiger partial charge in [0.25, 0.3) is 0 Å². The van der Waals surface area contributed by atoms with Crippen molar-refractivity contribution in [3.05, 3.63) is 34.3 Å². The normalized spacial score (nSPS) is 13.1. The predicted octanol–water partition coefficient (Wildman–Crippen LogP) is 3.16. The lowest BCUT2D eigenvalue weighted by atomic mass is 10.0. The molecule has 2 nitrogen and oxygen atoms in total. The summed E-state index contributed by atoms with van der Waals surface area (Å²) in [5.41, 5.74) is 5.01. The molecule has 0 fully saturated rings. The van der Waals surface area contributed by atoms with Crippen LogP contribution in [-0.2, 0) is 6.18 Å². The minimum Gasteiger partial charge on any atom is -0.396 e. The van der Waals surface area contributed by atoms with Crippen molar-refractivity contribution < 1.29 is 18.3 Å². The average Bonchev–Trinajstić information content (AvgIpc) is 2.16. The third-order valence-corrected chi connectivity index (χ3v) is 2.49. The van der Waals surface area contributed by atoms with E-state index >= 15 is 0 Å². The van der Waals surface area contributed by atoms with Crippen LogP contribution in [0, 0.1) is 0 Å². The minimum atomic E-state index is -4.49. The van der Waals surface area contributed by atoms with Crippen LogP contribution in [0.5, 0.6) is 0 Å². The molecule has 0 bridgehead atoms. The van der Waals surface area contributed by atoms with Gasteiger partial charge in [-0.2, -0.15) is 13.2 Å². The van der Waals surface area contributed by atoms with Crippen molar-refractivity contribution in [2.75, 3.05) is 6.61 Å². The van der Waals surface area contributed by atoms with Crippen molar-refractivity contribution in [3.63, 3.8) is 0 Å². The smallest absolute Gasteiger partial charge is 0.396 e. The van der Waals surface area contributed by atoms with Crippen LogP contribution < -0.4 is 5.73 Å². The highest BCUT2D eigenvalue weighted by Crippen LogP contribution is 2.36. The zero-order valence-electron chi connectivity index (χ0n) is 8.67. The standard InChI is InChI=1S/C10H11ClF3NO.ClH/c11-8-2-1-6(9(15)3-4-16)5-7(8)10(12,13)14;/h1-2,5,9,16H,3-4,15H2;1H/t9-;/m0./s1. The van der Waals surface area contributed by atoms with Gasteiger partial charge in [0.15, 0.2) is 0 Å². The number of benzene rings is 1. The van der Waals surface area contributed by atoms with Crippen molar-refractivity contribution >= 4 is 24.0 Å². The fourth-order valence-corrected chi connectivity index (χ4v) is 1.52. The van der Waals surface area contributed by atoms with Crippen LogP contribution in [0.1, 0.15) is 23.6 Å². The Morgan fingerprint density at radius 3 is 2.41 bits per heavy atom. The van der Waals surface area contributed by atoms with E-state index in [2.05, 4.69) is 0 Å². The van der Waals surface area contributed by atoms with Gasteiger partial charge >= 0.3 is 6.18 Å². The molecule has 0 aliphatic carbocycles. The van der Waals surface area contributed by atoms with Crippen molar-refractivity contribution in [1.82, 2.24) is 0 Å². The molecule has 0 aromatic heterocycles. The zero-order valence-corrected chi connectivity index (χ0v) is 10.2. The van der Waals surface area contributed by atoms with E-state index in [0.29, 0.717) is 5.56 Å². The predicted molar refractivity (Wildman–Crippen MR) is 62.3 cm³/mol. The number of aliphatic hydroxyl groups is 1. The number of hydrogen-bond acceptors (Lipinski definition) is 2. The van der Waals surface area contributed by atoms with Gasteiger partial charge in [0.05, 0.1) is 10.6 Å². The molecule has 0 amide bonds. The van der Waals surface area contributed by atoms with Crippen molar-refractivity contribution in [2.45, 2.75) is 18.6 Å². The number of hydrogen-bond donors (Lipinski definition) is 2. The molecular formula is C10H12Cl2F3NO. The van der Waals surface area contributed by atoms with E-state index in [4.69, 9.17) is 22.4 Å². The van der Waals surface area contributed by atoms with Crippen molar-refractivity contribution in [3.8, 4) is 0 Å². The van der Waals surface area contributed by atoms with E-state index in [-0.39, 0.29) is 30.5 Å². The van der Waals surface area contributed by atoms with Gasteiger partial charge in [-0.1, -0.05) is 17.7 Å². The van der Waals surface area contributed by atoms with Gasteiger partial charge < -0.3 is 10.8 Å². The fraction of sp³-hybridized carbons (Fsp3) is 0.400. The first-order chi connectivity index (χ1) is 7.36. The molecule has 0 aliphatic heterocycles. The Labute approximate surface area is 108 Å². The lowest BCUT2D eigenvalue weighted by Gasteiger charge is -2.14. The Kier molecular flexibility index (Phi) is 6.26. The SMILES string of the molecule is Cl.N[C@@H](CCO)c1ccc(Cl)c(C(F)(F)F)c1. The van der Waals surface area contributed by atoms with E-state index < -0.39 is 17.8 Å². The molecule has 0 saturated carbocycles. The Hall–Kier alpha value is -0.490. The molecule has 0 radical (unpaired) electrons. The molecule has 1 rings (SSSR count). The van der Waals surface area contributed by atoms with Crippen LogP contribution in [0.2, 0.25) is 5.02 Å². The number of aliphatic hydroxyl groups excluding tert-OH is 1. The van der Waals surface area contributed by atoms with Gasteiger partial charge in [0.2, 0.25) is 0 Å². The Morgan fingerprint density at radius 1 is 1.35 bits per heavy atom. The van der Waals surface area contributed by atoms with Crippen molar-refractivity contribution in [1.29, 1.82) is 0 Å². The van der Waals surface area contributed by atoms with Crippen LogP contribution in [0.4, 0.5) is 13.2 Å². The van der Waals surface area contributed by atoms with Crippen LogP contribution in [0.15, 0.2) is 18.2 Å². The zero-order chi connectivity index (χ0) is 12.3. The maximum Gasteiger partial charge on any atom is 0.417 e. The second-order valence-corrected chi connectivity index (χ2v) is 3.76. The van der Waals surface area contributed by atoms with Crippen LogP contribution in [0.3, 0.4) is 0 Å². The van der Waals surface area contributed by atoms with Crippen LogP contribution in [0.25, 0.3) is 0 Å². The largest absolute Gasteiger partial charge is 0.417 e. The van der Waals surface area contributed by atoms with Gasteiger partial charge in [0.1, 0.15) is 0 Å². The Morgan fingerprint density at radius 2 is 1.94 bits per heavy atom. The first-order valence-electron chi connectivity index (χ1n) is 4.59. The average molecular weight is 290 g/mol. The van der Waals surface area contributed by atoms with Gasteiger partial charge in [-0.05, 0) is 24.1 Å². The van der Waals surface area contributed by atoms with Gasteiger partial charge in [-0.25, -0.2) is 0 Å². The second-order valence-electron chi connectivity index (χ2n) is 3.36. The molecule has 0 unspecified atom stereocenters. The molecular weight excluding hydrogens is 278 g/mol. The van der Waals surface area contributed by atoms with E-state index in [0.717, 1.165) is 12.1 Å². The molecule has 1 aromatic carbocycles. The first kappa shape index (κ1) is 16.5. The Bertz CT molecular complexity index is 371. The quantitative estimate of drug-likeness (QED) is 0.898. The molecule has 0 heterocycles. The molecule has 1 aromatic rings. The summed E-state index contributed by atoms with van der Waals surface area (Å²) in [7, 11) is 0. The molecule has 0 saturated heterocycles. The van der Waals surface area contributed by atoms with Gasteiger partial charge in [-0.3, -0.25) is 0 Å². The van der Waals surface area contributed by atoms with E-state index in [9.17, 15) is 13.2 Å². The highest BCUT2D eigenvalue weighted by molar-refractivity contribution is 6.31. The summed E-state index contributed by atoms with van der Waals surface area (Å²) < 4.78 is 37.5. The summed E-state index contributed by atoms with van der Waals surface area (Å²) >= 11 is 5.45. The molecule has 7 heteroatoms. The van der Waals surface area contributed by atoms with Crippen molar-refractivity contribution in [2.24, 2.45) is 5.73 Å². The molecule has 98 valence electrons. The van der Waals surface area contributed by atoms with Crippen LogP contribution >= 0.6 is 24.0 Å². The number of alkyl halides is 3. The summed E-state index contributed by atoms with van der Waals surface area (Å²) in [6.07, 6.45) is -4.29. The maximum absolute atomic E-state index is 12.5. The molecule has 1 atom stereocenters.